The van der Waals surface area contributed by atoms with E-state index in [0.717, 1.165) is 36.6 Å². The molecule has 0 amide bonds. The number of hydrogen-bond acceptors (Lipinski definition) is 4. The standard InChI is InChI=1S/C13H16N4O/c1-10-4-11(6-15-5-10)17-9-16-7-12(17)13-8-14-2-3-18-13/h4-7,9,13-14H,2-3,8H2,1H3. The summed E-state index contributed by atoms with van der Waals surface area (Å²) in [6.45, 7) is 4.51. The second-order valence-electron chi connectivity index (χ2n) is 4.47. The van der Waals surface area contributed by atoms with Gasteiger partial charge in [-0.2, -0.15) is 0 Å². The molecule has 0 aromatic carbocycles. The third kappa shape index (κ3) is 2.14. The Kier molecular flexibility index (Phi) is 3.08. The lowest BCUT2D eigenvalue weighted by molar-refractivity contribution is 0.0240. The van der Waals surface area contributed by atoms with Gasteiger partial charge in [-0.25, -0.2) is 4.98 Å². The number of nitrogens with zero attached hydrogens (tertiary/aromatic N) is 3. The molecule has 5 nitrogen and oxygen atoms in total. The maximum absolute atomic E-state index is 5.77. The topological polar surface area (TPSA) is 52.0 Å². The van der Waals surface area contributed by atoms with Gasteiger partial charge in [-0.15, -0.1) is 0 Å². The van der Waals surface area contributed by atoms with Crippen molar-refractivity contribution in [3.05, 3.63) is 42.2 Å². The monoisotopic (exact) mass is 244 g/mol. The highest BCUT2D eigenvalue weighted by Gasteiger charge is 2.20. The summed E-state index contributed by atoms with van der Waals surface area (Å²) in [6, 6.07) is 2.09. The third-order valence-electron chi connectivity index (χ3n) is 3.06. The van der Waals surface area contributed by atoms with Gasteiger partial charge >= 0.3 is 0 Å². The Hall–Kier alpha value is -1.72. The van der Waals surface area contributed by atoms with E-state index in [0.29, 0.717) is 0 Å². The van der Waals surface area contributed by atoms with Gasteiger partial charge in [0.2, 0.25) is 0 Å². The number of morpholine rings is 1. The fourth-order valence-corrected chi connectivity index (χ4v) is 2.19. The minimum absolute atomic E-state index is 0.0572. The van der Waals surface area contributed by atoms with Crippen LogP contribution in [0.25, 0.3) is 5.69 Å². The van der Waals surface area contributed by atoms with Gasteiger partial charge in [-0.05, 0) is 18.6 Å². The van der Waals surface area contributed by atoms with Crippen molar-refractivity contribution >= 4 is 0 Å². The zero-order chi connectivity index (χ0) is 12.4. The Morgan fingerprint density at radius 1 is 1.33 bits per heavy atom. The summed E-state index contributed by atoms with van der Waals surface area (Å²) in [6.07, 6.45) is 7.42. The quantitative estimate of drug-likeness (QED) is 0.863. The average molecular weight is 244 g/mol. The summed E-state index contributed by atoms with van der Waals surface area (Å²) in [5.74, 6) is 0. The van der Waals surface area contributed by atoms with Crippen molar-refractivity contribution in [1.29, 1.82) is 0 Å². The maximum Gasteiger partial charge on any atom is 0.112 e. The second kappa shape index (κ2) is 4.88. The summed E-state index contributed by atoms with van der Waals surface area (Å²) < 4.78 is 7.81. The predicted octanol–water partition coefficient (Wildman–Crippen LogP) is 1.24. The van der Waals surface area contributed by atoms with E-state index in [1.807, 2.05) is 36.4 Å². The Bertz CT molecular complexity index is 531. The molecule has 1 fully saturated rings. The normalized spacial score (nSPS) is 19.9. The van der Waals surface area contributed by atoms with Crippen molar-refractivity contribution in [1.82, 2.24) is 19.9 Å². The first-order valence-electron chi connectivity index (χ1n) is 6.11. The minimum atomic E-state index is 0.0572. The van der Waals surface area contributed by atoms with Gasteiger partial charge < -0.3 is 10.1 Å². The molecule has 0 bridgehead atoms. The second-order valence-corrected chi connectivity index (χ2v) is 4.47. The average Bonchev–Trinajstić information content (AvgIpc) is 2.89. The van der Waals surface area contributed by atoms with Crippen LogP contribution >= 0.6 is 0 Å². The van der Waals surface area contributed by atoms with Crippen LogP contribution in [0.2, 0.25) is 0 Å². The zero-order valence-corrected chi connectivity index (χ0v) is 10.3. The summed E-state index contributed by atoms with van der Waals surface area (Å²) >= 11 is 0. The van der Waals surface area contributed by atoms with Crippen LogP contribution < -0.4 is 5.32 Å². The smallest absolute Gasteiger partial charge is 0.112 e. The molecule has 1 unspecified atom stereocenters. The molecule has 3 heterocycles. The van der Waals surface area contributed by atoms with E-state index >= 15 is 0 Å². The van der Waals surface area contributed by atoms with Crippen molar-refractivity contribution in [2.24, 2.45) is 0 Å². The summed E-state index contributed by atoms with van der Waals surface area (Å²) in [4.78, 5) is 8.45. The molecule has 5 heteroatoms. The number of ether oxygens (including phenoxy) is 1. The fourth-order valence-electron chi connectivity index (χ4n) is 2.19. The van der Waals surface area contributed by atoms with Crippen LogP contribution in [0.4, 0.5) is 0 Å². The van der Waals surface area contributed by atoms with Crippen LogP contribution in [-0.4, -0.2) is 34.2 Å². The lowest BCUT2D eigenvalue weighted by Crippen LogP contribution is -2.34. The van der Waals surface area contributed by atoms with Gasteiger partial charge in [0.15, 0.2) is 0 Å². The Labute approximate surface area is 106 Å². The van der Waals surface area contributed by atoms with E-state index < -0.39 is 0 Å². The Morgan fingerprint density at radius 2 is 2.28 bits per heavy atom. The highest BCUT2D eigenvalue weighted by atomic mass is 16.5. The summed E-state index contributed by atoms with van der Waals surface area (Å²) in [7, 11) is 0. The molecule has 0 spiro atoms. The van der Waals surface area contributed by atoms with Crippen LogP contribution in [0.1, 0.15) is 17.4 Å². The molecule has 2 aromatic rings. The van der Waals surface area contributed by atoms with Gasteiger partial charge in [0.05, 0.1) is 36.7 Å². The van der Waals surface area contributed by atoms with Gasteiger partial charge in [-0.1, -0.05) is 0 Å². The number of nitrogens with one attached hydrogen (secondary N) is 1. The van der Waals surface area contributed by atoms with Gasteiger partial charge in [0, 0.05) is 19.3 Å². The van der Waals surface area contributed by atoms with Crippen molar-refractivity contribution in [3.8, 4) is 5.69 Å². The number of imidazole rings is 1. The van der Waals surface area contributed by atoms with Crippen LogP contribution in [0.5, 0.6) is 0 Å². The molecule has 1 atom stereocenters. The molecule has 1 aliphatic rings. The summed E-state index contributed by atoms with van der Waals surface area (Å²) in [5.41, 5.74) is 3.22. The first-order valence-corrected chi connectivity index (χ1v) is 6.11. The Morgan fingerprint density at radius 3 is 3.06 bits per heavy atom. The molecule has 1 saturated heterocycles. The summed E-state index contributed by atoms with van der Waals surface area (Å²) in [5, 5.41) is 3.33. The molecule has 0 aliphatic carbocycles. The molecule has 1 aliphatic heterocycles. The van der Waals surface area contributed by atoms with E-state index in [2.05, 4.69) is 21.4 Å². The van der Waals surface area contributed by atoms with Gasteiger partial charge in [0.25, 0.3) is 0 Å². The SMILES string of the molecule is Cc1cncc(-n2cncc2C2CNCCO2)c1. The van der Waals surface area contributed by atoms with Crippen LogP contribution in [0.15, 0.2) is 31.0 Å². The molecule has 94 valence electrons. The van der Waals surface area contributed by atoms with Crippen molar-refractivity contribution in [3.63, 3.8) is 0 Å². The molecule has 18 heavy (non-hydrogen) atoms. The lowest BCUT2D eigenvalue weighted by Gasteiger charge is -2.24. The fraction of sp³-hybridized carbons (Fsp3) is 0.385. The molecular formula is C13H16N4O. The molecule has 2 aromatic heterocycles. The van der Waals surface area contributed by atoms with Gasteiger partial charge in [0.1, 0.15) is 6.10 Å². The van der Waals surface area contributed by atoms with Crippen LogP contribution in [0.3, 0.4) is 0 Å². The first kappa shape index (κ1) is 11.4. The lowest BCUT2D eigenvalue weighted by atomic mass is 10.2. The number of hydrogen-bond donors (Lipinski definition) is 1. The highest BCUT2D eigenvalue weighted by molar-refractivity contribution is 5.34. The molecule has 1 N–H and O–H groups in total. The third-order valence-corrected chi connectivity index (χ3v) is 3.06. The van der Waals surface area contributed by atoms with Gasteiger partial charge in [-0.3, -0.25) is 9.55 Å². The van der Waals surface area contributed by atoms with E-state index in [4.69, 9.17) is 4.74 Å². The molecular weight excluding hydrogens is 228 g/mol. The largest absolute Gasteiger partial charge is 0.369 e. The Balaban J connectivity index is 1.95. The first-order chi connectivity index (χ1) is 8.84. The number of pyridine rings is 1. The van der Waals surface area contributed by atoms with Crippen molar-refractivity contribution < 1.29 is 4.74 Å². The molecule has 0 radical (unpaired) electrons. The maximum atomic E-state index is 5.77. The zero-order valence-electron chi connectivity index (χ0n) is 10.3. The van der Waals surface area contributed by atoms with Crippen LogP contribution in [-0.2, 0) is 4.74 Å². The van der Waals surface area contributed by atoms with E-state index in [9.17, 15) is 0 Å². The molecule has 0 saturated carbocycles. The highest BCUT2D eigenvalue weighted by Crippen LogP contribution is 2.21. The molecule has 3 rings (SSSR count). The number of aryl methyl sites for hydroxylation is 1. The number of aromatic nitrogens is 3. The van der Waals surface area contributed by atoms with E-state index in [1.54, 1.807) is 0 Å². The van der Waals surface area contributed by atoms with Crippen molar-refractivity contribution in [2.45, 2.75) is 13.0 Å². The van der Waals surface area contributed by atoms with E-state index in [1.165, 1.54) is 0 Å². The predicted molar refractivity (Wildman–Crippen MR) is 67.7 cm³/mol. The van der Waals surface area contributed by atoms with Crippen LogP contribution in [0, 0.1) is 6.92 Å². The van der Waals surface area contributed by atoms with E-state index in [-0.39, 0.29) is 6.10 Å². The minimum Gasteiger partial charge on any atom is -0.369 e. The van der Waals surface area contributed by atoms with Crippen molar-refractivity contribution in [2.75, 3.05) is 19.7 Å². The number of rotatable bonds is 2.